The number of amides is 2. The lowest BCUT2D eigenvalue weighted by Gasteiger charge is -2.12. The Balaban J connectivity index is 1.72. The van der Waals surface area contributed by atoms with E-state index in [1.807, 2.05) is 18.2 Å². The average Bonchev–Trinajstić information content (AvgIpc) is 3.29. The van der Waals surface area contributed by atoms with E-state index in [0.717, 1.165) is 17.7 Å². The maximum absolute atomic E-state index is 11.6. The number of hydrogen-bond acceptors (Lipinski definition) is 4. The molecule has 0 bridgehead atoms. The highest BCUT2D eigenvalue weighted by atomic mass is 16.2. The minimum Gasteiger partial charge on any atom is -0.325 e. The van der Waals surface area contributed by atoms with Crippen LogP contribution in [0.4, 0.5) is 5.69 Å². The Labute approximate surface area is 121 Å². The van der Waals surface area contributed by atoms with Crippen molar-refractivity contribution in [2.24, 2.45) is 22.9 Å². The van der Waals surface area contributed by atoms with E-state index >= 15 is 0 Å². The molecule has 1 aliphatic carbocycles. The second kappa shape index (κ2) is 5.02. The molecular formula is C15H14N4O2. The highest BCUT2D eigenvalue weighted by Crippen LogP contribution is 2.43. The van der Waals surface area contributed by atoms with E-state index in [9.17, 15) is 9.59 Å². The lowest BCUT2D eigenvalue weighted by molar-refractivity contribution is -0.122. The Hall–Kier alpha value is -2.68. The summed E-state index contributed by atoms with van der Waals surface area (Å²) in [7, 11) is 0. The van der Waals surface area contributed by atoms with E-state index in [4.69, 9.17) is 5.26 Å². The molecule has 2 N–H and O–H groups in total. The maximum Gasteiger partial charge on any atom is 0.243 e. The van der Waals surface area contributed by atoms with Gasteiger partial charge in [-0.25, -0.2) is 5.43 Å². The quantitative estimate of drug-likeness (QED) is 0.873. The van der Waals surface area contributed by atoms with Gasteiger partial charge in [0.25, 0.3) is 0 Å². The molecule has 3 atom stereocenters. The number of fused-ring (bicyclic) bond motifs is 1. The molecule has 1 aliphatic heterocycles. The second-order valence-electron chi connectivity index (χ2n) is 5.34. The summed E-state index contributed by atoms with van der Waals surface area (Å²) in [5.41, 5.74) is 5.00. The predicted molar refractivity (Wildman–Crippen MR) is 76.1 cm³/mol. The number of rotatable bonds is 3. The number of carbonyl (C=O) groups is 2. The standard InChI is InChI=1S/C15H14N4O2/c1-8(7-16)14(20)17-10-4-2-9(3-5-10)13-11-6-12(11)15(21)19-18-13/h2-5,8,11-12H,6H2,1H3,(H,17,20)(H,19,21). The van der Waals surface area contributed by atoms with Crippen molar-refractivity contribution < 1.29 is 9.59 Å². The SMILES string of the molecule is CC(C#N)C(=O)Nc1ccc(C2=NNC(=O)C3CC23)cc1. The summed E-state index contributed by atoms with van der Waals surface area (Å²) in [5, 5.41) is 15.5. The number of nitriles is 1. The van der Waals surface area contributed by atoms with Crippen LogP contribution in [0, 0.1) is 29.1 Å². The molecule has 0 spiro atoms. The van der Waals surface area contributed by atoms with Gasteiger partial charge in [0.15, 0.2) is 0 Å². The van der Waals surface area contributed by atoms with Gasteiger partial charge in [-0.2, -0.15) is 10.4 Å². The number of nitrogens with zero attached hydrogens (tertiary/aromatic N) is 2. The van der Waals surface area contributed by atoms with Gasteiger partial charge in [0.05, 0.1) is 11.8 Å². The van der Waals surface area contributed by atoms with Crippen LogP contribution in [0.2, 0.25) is 0 Å². The molecule has 6 nitrogen and oxygen atoms in total. The third kappa shape index (κ3) is 2.50. The summed E-state index contributed by atoms with van der Waals surface area (Å²) < 4.78 is 0. The van der Waals surface area contributed by atoms with Gasteiger partial charge >= 0.3 is 0 Å². The van der Waals surface area contributed by atoms with Crippen LogP contribution >= 0.6 is 0 Å². The molecule has 2 aliphatic rings. The molecule has 21 heavy (non-hydrogen) atoms. The van der Waals surface area contributed by atoms with Gasteiger partial charge in [0.1, 0.15) is 5.92 Å². The molecule has 3 rings (SSSR count). The van der Waals surface area contributed by atoms with E-state index < -0.39 is 5.92 Å². The normalized spacial score (nSPS) is 24.0. The van der Waals surface area contributed by atoms with Crippen LogP contribution in [0.25, 0.3) is 0 Å². The van der Waals surface area contributed by atoms with Crippen molar-refractivity contribution in [2.75, 3.05) is 5.32 Å². The van der Waals surface area contributed by atoms with Gasteiger partial charge in [0.2, 0.25) is 11.8 Å². The zero-order valence-corrected chi connectivity index (χ0v) is 11.5. The van der Waals surface area contributed by atoms with E-state index in [-0.39, 0.29) is 23.7 Å². The van der Waals surface area contributed by atoms with E-state index in [1.54, 1.807) is 19.1 Å². The molecule has 1 fully saturated rings. The lowest BCUT2D eigenvalue weighted by Crippen LogP contribution is -2.28. The minimum atomic E-state index is -0.685. The number of carbonyl (C=O) groups excluding carboxylic acids is 2. The third-order valence-corrected chi connectivity index (χ3v) is 3.80. The second-order valence-corrected chi connectivity index (χ2v) is 5.34. The molecular weight excluding hydrogens is 268 g/mol. The highest BCUT2D eigenvalue weighted by molar-refractivity contribution is 6.09. The third-order valence-electron chi connectivity index (χ3n) is 3.80. The van der Waals surface area contributed by atoms with E-state index in [0.29, 0.717) is 5.69 Å². The first-order chi connectivity index (χ1) is 10.1. The molecule has 0 radical (unpaired) electrons. The van der Waals surface area contributed by atoms with Crippen molar-refractivity contribution in [2.45, 2.75) is 13.3 Å². The molecule has 6 heteroatoms. The molecule has 1 saturated carbocycles. The molecule has 3 unspecified atom stereocenters. The molecule has 0 saturated heterocycles. The maximum atomic E-state index is 11.6. The average molecular weight is 282 g/mol. The summed E-state index contributed by atoms with van der Waals surface area (Å²) in [4.78, 5) is 23.0. The predicted octanol–water partition coefficient (Wildman–Crippen LogP) is 1.25. The van der Waals surface area contributed by atoms with Gasteiger partial charge in [-0.15, -0.1) is 0 Å². The Bertz CT molecular complexity index is 672. The van der Waals surface area contributed by atoms with Crippen LogP contribution in [0.15, 0.2) is 29.4 Å². The van der Waals surface area contributed by atoms with Gasteiger partial charge in [-0.3, -0.25) is 9.59 Å². The molecule has 1 aromatic carbocycles. The first-order valence-electron chi connectivity index (χ1n) is 6.78. The Morgan fingerprint density at radius 1 is 1.43 bits per heavy atom. The zero-order valence-electron chi connectivity index (χ0n) is 11.5. The fraction of sp³-hybridized carbons (Fsp3) is 0.333. The Morgan fingerprint density at radius 3 is 2.81 bits per heavy atom. The van der Waals surface area contributed by atoms with Crippen LogP contribution in [0.5, 0.6) is 0 Å². The lowest BCUT2D eigenvalue weighted by atomic mass is 10.0. The van der Waals surface area contributed by atoms with Gasteiger partial charge in [0, 0.05) is 17.5 Å². The van der Waals surface area contributed by atoms with Crippen LogP contribution in [-0.2, 0) is 9.59 Å². The van der Waals surface area contributed by atoms with Crippen LogP contribution in [-0.4, -0.2) is 17.5 Å². The zero-order chi connectivity index (χ0) is 15.0. The Kier molecular flexibility index (Phi) is 3.18. The summed E-state index contributed by atoms with van der Waals surface area (Å²) >= 11 is 0. The van der Waals surface area contributed by atoms with Crippen LogP contribution in [0.3, 0.4) is 0 Å². The molecule has 1 heterocycles. The number of benzene rings is 1. The summed E-state index contributed by atoms with van der Waals surface area (Å²) in [5.74, 6) is -0.728. The first-order valence-corrected chi connectivity index (χ1v) is 6.78. The van der Waals surface area contributed by atoms with Crippen LogP contribution < -0.4 is 10.7 Å². The largest absolute Gasteiger partial charge is 0.325 e. The molecule has 106 valence electrons. The van der Waals surface area contributed by atoms with Crippen molar-refractivity contribution in [3.05, 3.63) is 29.8 Å². The summed E-state index contributed by atoms with van der Waals surface area (Å²) in [6, 6.07) is 9.15. The number of nitrogens with one attached hydrogen (secondary N) is 2. The molecule has 1 aromatic rings. The topological polar surface area (TPSA) is 94.3 Å². The van der Waals surface area contributed by atoms with E-state index in [1.165, 1.54) is 0 Å². The van der Waals surface area contributed by atoms with Crippen molar-refractivity contribution in [1.82, 2.24) is 5.43 Å². The van der Waals surface area contributed by atoms with Crippen molar-refractivity contribution in [3.8, 4) is 6.07 Å². The van der Waals surface area contributed by atoms with Crippen LogP contribution in [0.1, 0.15) is 18.9 Å². The summed E-state index contributed by atoms with van der Waals surface area (Å²) in [6.07, 6.45) is 0.850. The van der Waals surface area contributed by atoms with Gasteiger partial charge in [-0.1, -0.05) is 12.1 Å². The highest BCUT2D eigenvalue weighted by Gasteiger charge is 2.49. The molecule has 2 amide bonds. The monoisotopic (exact) mass is 282 g/mol. The van der Waals surface area contributed by atoms with Crippen molar-refractivity contribution >= 4 is 23.2 Å². The van der Waals surface area contributed by atoms with Gasteiger partial charge < -0.3 is 5.32 Å². The number of hydrogen-bond donors (Lipinski definition) is 2. The molecule has 0 aromatic heterocycles. The first kappa shape index (κ1) is 13.3. The van der Waals surface area contributed by atoms with Crippen molar-refractivity contribution in [1.29, 1.82) is 5.26 Å². The fourth-order valence-corrected chi connectivity index (χ4v) is 2.38. The minimum absolute atomic E-state index is 0.00174. The number of hydrazone groups is 1. The Morgan fingerprint density at radius 2 is 2.14 bits per heavy atom. The smallest absolute Gasteiger partial charge is 0.243 e. The van der Waals surface area contributed by atoms with Crippen molar-refractivity contribution in [3.63, 3.8) is 0 Å². The van der Waals surface area contributed by atoms with E-state index in [2.05, 4.69) is 15.8 Å². The van der Waals surface area contributed by atoms with Gasteiger partial charge in [-0.05, 0) is 31.0 Å². The number of anilines is 1. The summed E-state index contributed by atoms with van der Waals surface area (Å²) in [6.45, 7) is 1.55. The fourth-order valence-electron chi connectivity index (χ4n) is 2.38.